The van der Waals surface area contributed by atoms with Crippen molar-refractivity contribution >= 4 is 11.7 Å². The van der Waals surface area contributed by atoms with Gasteiger partial charge in [0.05, 0.1) is 14.2 Å². The van der Waals surface area contributed by atoms with Gasteiger partial charge in [-0.25, -0.2) is 0 Å². The van der Waals surface area contributed by atoms with Gasteiger partial charge in [0.2, 0.25) is 0 Å². The summed E-state index contributed by atoms with van der Waals surface area (Å²) in [6.07, 6.45) is 1.99. The molecule has 108 valence electrons. The van der Waals surface area contributed by atoms with Gasteiger partial charge in [-0.05, 0) is 26.3 Å². The van der Waals surface area contributed by atoms with Gasteiger partial charge in [0.1, 0.15) is 0 Å². The van der Waals surface area contributed by atoms with Gasteiger partial charge in [0.25, 0.3) is 5.91 Å². The Labute approximate surface area is 114 Å². The predicted octanol–water partition coefficient (Wildman–Crippen LogP) is 1.80. The molecular formula is C14H23NO4. The molecule has 0 fully saturated rings. The van der Waals surface area contributed by atoms with Crippen molar-refractivity contribution in [2.24, 2.45) is 5.92 Å². The molecule has 1 N–H and O–H groups in total. The number of methoxy groups -OCH3 is 2. The van der Waals surface area contributed by atoms with E-state index >= 15 is 0 Å². The highest BCUT2D eigenvalue weighted by Gasteiger charge is 2.17. The highest BCUT2D eigenvalue weighted by Crippen LogP contribution is 2.12. The summed E-state index contributed by atoms with van der Waals surface area (Å²) < 4.78 is 9.81. The van der Waals surface area contributed by atoms with Crippen molar-refractivity contribution in [2.45, 2.75) is 33.2 Å². The zero-order valence-electron chi connectivity index (χ0n) is 12.3. The average molecular weight is 269 g/mol. The molecule has 0 saturated heterocycles. The monoisotopic (exact) mass is 269 g/mol. The number of nitrogens with one attached hydrogen (secondary N) is 1. The third-order valence-corrected chi connectivity index (χ3v) is 2.49. The van der Waals surface area contributed by atoms with Crippen LogP contribution < -0.4 is 5.32 Å². The van der Waals surface area contributed by atoms with Gasteiger partial charge in [-0.15, -0.1) is 0 Å². The molecule has 1 unspecified atom stereocenters. The van der Waals surface area contributed by atoms with E-state index in [0.29, 0.717) is 6.42 Å². The molecule has 0 spiro atoms. The van der Waals surface area contributed by atoms with Crippen LogP contribution in [0, 0.1) is 5.92 Å². The molecule has 1 atom stereocenters. The first-order valence-electron chi connectivity index (χ1n) is 6.15. The summed E-state index contributed by atoms with van der Waals surface area (Å²) in [5, 5.41) is 2.72. The summed E-state index contributed by atoms with van der Waals surface area (Å²) in [6, 6.07) is 0.0263. The number of hydrogen-bond donors (Lipinski definition) is 1. The number of carbonyl (C=O) groups is 2. The van der Waals surface area contributed by atoms with Gasteiger partial charge in [-0.3, -0.25) is 9.59 Å². The lowest BCUT2D eigenvalue weighted by Gasteiger charge is -2.12. The number of rotatable bonds is 8. The summed E-state index contributed by atoms with van der Waals surface area (Å²) in [7, 11) is 2.83. The molecule has 0 aliphatic heterocycles. The number of ketones is 1. The fourth-order valence-electron chi connectivity index (χ4n) is 1.37. The molecular weight excluding hydrogens is 246 g/mol. The second kappa shape index (κ2) is 8.34. The number of carbonyl (C=O) groups excluding carboxylic acids is 2. The van der Waals surface area contributed by atoms with Gasteiger partial charge < -0.3 is 14.8 Å². The molecule has 0 heterocycles. The lowest BCUT2D eigenvalue weighted by atomic mass is 10.0. The molecule has 5 heteroatoms. The minimum atomic E-state index is -0.315. The van der Waals surface area contributed by atoms with Gasteiger partial charge in [-0.1, -0.05) is 13.5 Å². The quantitative estimate of drug-likeness (QED) is 0.539. The Morgan fingerprint density at radius 2 is 1.79 bits per heavy atom. The van der Waals surface area contributed by atoms with Gasteiger partial charge in [0.15, 0.2) is 17.3 Å². The Hall–Kier alpha value is -1.78. The summed E-state index contributed by atoms with van der Waals surface area (Å²) in [4.78, 5) is 23.5. The van der Waals surface area contributed by atoms with Crippen LogP contribution in [-0.2, 0) is 19.1 Å². The Kier molecular flexibility index (Phi) is 7.56. The smallest absolute Gasteiger partial charge is 0.286 e. The maximum absolute atomic E-state index is 11.7. The molecule has 0 aromatic carbocycles. The molecule has 0 rings (SSSR count). The maximum atomic E-state index is 11.7. The van der Waals surface area contributed by atoms with Crippen molar-refractivity contribution in [1.82, 2.24) is 5.32 Å². The Balaban J connectivity index is 4.61. The first kappa shape index (κ1) is 17.2. The number of amides is 1. The van der Waals surface area contributed by atoms with E-state index in [1.54, 1.807) is 13.0 Å². The highest BCUT2D eigenvalue weighted by molar-refractivity contribution is 5.95. The predicted molar refractivity (Wildman–Crippen MR) is 73.3 cm³/mol. The van der Waals surface area contributed by atoms with E-state index in [4.69, 9.17) is 9.47 Å². The number of allylic oxidation sites excluding steroid dienone is 2. The van der Waals surface area contributed by atoms with Crippen LogP contribution in [0.5, 0.6) is 0 Å². The molecule has 0 aliphatic carbocycles. The van der Waals surface area contributed by atoms with Crippen LogP contribution in [0.4, 0.5) is 0 Å². The minimum Gasteiger partial charge on any atom is -0.494 e. The van der Waals surface area contributed by atoms with E-state index < -0.39 is 0 Å². The minimum absolute atomic E-state index is 0.0263. The lowest BCUT2D eigenvalue weighted by Crippen LogP contribution is -2.32. The van der Waals surface area contributed by atoms with E-state index in [2.05, 4.69) is 11.9 Å². The third kappa shape index (κ3) is 6.08. The molecule has 0 radical (unpaired) electrons. The maximum Gasteiger partial charge on any atom is 0.286 e. The first-order chi connectivity index (χ1) is 8.83. The average Bonchev–Trinajstić information content (AvgIpc) is 2.36. The molecule has 0 aromatic rings. The van der Waals surface area contributed by atoms with Crippen LogP contribution >= 0.6 is 0 Å². The molecule has 0 aromatic heterocycles. The van der Waals surface area contributed by atoms with Crippen molar-refractivity contribution in [3.63, 3.8) is 0 Å². The summed E-state index contributed by atoms with van der Waals surface area (Å²) in [6.45, 7) is 8.98. The second-order valence-corrected chi connectivity index (χ2v) is 4.53. The molecule has 5 nitrogen and oxygen atoms in total. The zero-order chi connectivity index (χ0) is 15.0. The molecule has 0 saturated carbocycles. The number of hydrogen-bond acceptors (Lipinski definition) is 4. The van der Waals surface area contributed by atoms with Gasteiger partial charge in [0, 0.05) is 12.0 Å². The fraction of sp³-hybridized carbons (Fsp3) is 0.571. The van der Waals surface area contributed by atoms with Gasteiger partial charge >= 0.3 is 0 Å². The van der Waals surface area contributed by atoms with Crippen molar-refractivity contribution in [3.8, 4) is 0 Å². The van der Waals surface area contributed by atoms with Crippen LogP contribution in [0.1, 0.15) is 27.2 Å². The first-order valence-corrected chi connectivity index (χ1v) is 6.15. The Bertz CT molecular complexity index is 372. The largest absolute Gasteiger partial charge is 0.494 e. The number of ether oxygens (including phenoxy) is 2. The summed E-state index contributed by atoms with van der Waals surface area (Å²) in [5.41, 5.74) is 0. The fourth-order valence-corrected chi connectivity index (χ4v) is 1.37. The van der Waals surface area contributed by atoms with E-state index in [0.717, 1.165) is 0 Å². The van der Waals surface area contributed by atoms with Crippen molar-refractivity contribution < 1.29 is 19.1 Å². The van der Waals surface area contributed by atoms with Crippen LogP contribution in [0.25, 0.3) is 0 Å². The number of Topliss-reactive ketones (excluding diaryl/α,β-unsaturated/α-hetero) is 1. The van der Waals surface area contributed by atoms with E-state index in [-0.39, 0.29) is 35.2 Å². The van der Waals surface area contributed by atoms with Crippen LogP contribution in [0.3, 0.4) is 0 Å². The normalized spacial score (nSPS) is 12.8. The standard InChI is InChI=1S/C14H23NO4/c1-9(2)15-14(17)12(19-6)8-7-10(3)13(16)11(4)18-5/h8-10H,4,7H2,1-3,5-6H3,(H,15,17)/b12-8-. The topological polar surface area (TPSA) is 64.6 Å². The van der Waals surface area contributed by atoms with Crippen LogP contribution in [0.2, 0.25) is 0 Å². The second-order valence-electron chi connectivity index (χ2n) is 4.53. The lowest BCUT2D eigenvalue weighted by molar-refractivity contribution is -0.122. The van der Waals surface area contributed by atoms with E-state index in [9.17, 15) is 9.59 Å². The highest BCUT2D eigenvalue weighted by atomic mass is 16.5. The molecule has 0 aliphatic rings. The Morgan fingerprint density at radius 1 is 1.21 bits per heavy atom. The third-order valence-electron chi connectivity index (χ3n) is 2.49. The Morgan fingerprint density at radius 3 is 2.21 bits per heavy atom. The van der Waals surface area contributed by atoms with Crippen LogP contribution in [-0.4, -0.2) is 32.0 Å². The van der Waals surface area contributed by atoms with Gasteiger partial charge in [-0.2, -0.15) is 0 Å². The molecule has 1 amide bonds. The molecule has 19 heavy (non-hydrogen) atoms. The molecule has 0 bridgehead atoms. The summed E-state index contributed by atoms with van der Waals surface area (Å²) >= 11 is 0. The summed E-state index contributed by atoms with van der Waals surface area (Å²) in [5.74, 6) is -0.464. The van der Waals surface area contributed by atoms with Crippen molar-refractivity contribution in [1.29, 1.82) is 0 Å². The SMILES string of the molecule is C=C(OC)C(=O)C(C)C/C=C(\OC)C(=O)NC(C)C. The van der Waals surface area contributed by atoms with Crippen molar-refractivity contribution in [2.75, 3.05) is 14.2 Å². The van der Waals surface area contributed by atoms with E-state index in [1.807, 2.05) is 13.8 Å². The van der Waals surface area contributed by atoms with Crippen LogP contribution in [0.15, 0.2) is 24.2 Å². The zero-order valence-corrected chi connectivity index (χ0v) is 12.3. The van der Waals surface area contributed by atoms with Crippen molar-refractivity contribution in [3.05, 3.63) is 24.2 Å². The van der Waals surface area contributed by atoms with E-state index in [1.165, 1.54) is 14.2 Å².